The largest absolute Gasteiger partial charge is 0.497 e. The zero-order chi connectivity index (χ0) is 15.3. The predicted octanol–water partition coefficient (Wildman–Crippen LogP) is 3.77. The minimum atomic E-state index is -0.0162. The highest BCUT2D eigenvalue weighted by Crippen LogP contribution is 2.41. The molecular formula is C18H27NO2. The van der Waals surface area contributed by atoms with Crippen LogP contribution < -0.4 is 4.74 Å². The molecule has 0 bridgehead atoms. The number of carbonyl (C=O) groups is 1. The molecule has 1 aromatic carbocycles. The summed E-state index contributed by atoms with van der Waals surface area (Å²) >= 11 is 0. The molecule has 1 aliphatic rings. The number of ketones is 1. The van der Waals surface area contributed by atoms with Gasteiger partial charge in [0.15, 0.2) is 0 Å². The summed E-state index contributed by atoms with van der Waals surface area (Å²) in [6.45, 7) is 3.29. The molecule has 3 nitrogen and oxygen atoms in total. The van der Waals surface area contributed by atoms with Gasteiger partial charge in [-0.1, -0.05) is 25.5 Å². The summed E-state index contributed by atoms with van der Waals surface area (Å²) in [4.78, 5) is 14.2. The SMILES string of the molecule is CCCCN(C)C1(c2cccc(OC)c2)CCC(=O)CC1. The maximum absolute atomic E-state index is 11.7. The van der Waals surface area contributed by atoms with Gasteiger partial charge in [-0.3, -0.25) is 9.69 Å². The number of methoxy groups -OCH3 is 1. The van der Waals surface area contributed by atoms with Crippen molar-refractivity contribution in [3.05, 3.63) is 29.8 Å². The summed E-state index contributed by atoms with van der Waals surface area (Å²) in [5.74, 6) is 1.30. The van der Waals surface area contributed by atoms with Gasteiger partial charge in [0.1, 0.15) is 11.5 Å². The van der Waals surface area contributed by atoms with Crippen LogP contribution in [0.1, 0.15) is 51.0 Å². The zero-order valence-corrected chi connectivity index (χ0v) is 13.5. The van der Waals surface area contributed by atoms with Crippen molar-refractivity contribution in [2.24, 2.45) is 0 Å². The van der Waals surface area contributed by atoms with Crippen molar-refractivity contribution in [3.63, 3.8) is 0 Å². The number of hydrogen-bond donors (Lipinski definition) is 0. The number of carbonyl (C=O) groups excluding carboxylic acids is 1. The quantitative estimate of drug-likeness (QED) is 0.798. The van der Waals surface area contributed by atoms with E-state index in [0.29, 0.717) is 18.6 Å². The second kappa shape index (κ2) is 7.08. The fraction of sp³-hybridized carbons (Fsp3) is 0.611. The van der Waals surface area contributed by atoms with Crippen molar-refractivity contribution >= 4 is 5.78 Å². The van der Waals surface area contributed by atoms with Gasteiger partial charge in [0.2, 0.25) is 0 Å². The molecule has 2 rings (SSSR count). The molecule has 1 aromatic rings. The molecule has 1 fully saturated rings. The van der Waals surface area contributed by atoms with E-state index in [0.717, 1.165) is 25.1 Å². The van der Waals surface area contributed by atoms with E-state index in [4.69, 9.17) is 4.74 Å². The van der Waals surface area contributed by atoms with Crippen LogP contribution in [0.4, 0.5) is 0 Å². The summed E-state index contributed by atoms with van der Waals surface area (Å²) in [7, 11) is 3.90. The van der Waals surface area contributed by atoms with Crippen LogP contribution in [0.3, 0.4) is 0 Å². The lowest BCUT2D eigenvalue weighted by Gasteiger charge is -2.45. The van der Waals surface area contributed by atoms with E-state index in [-0.39, 0.29) is 5.54 Å². The van der Waals surface area contributed by atoms with Crippen molar-refractivity contribution in [3.8, 4) is 5.75 Å². The molecule has 0 amide bonds. The Morgan fingerprint density at radius 2 is 2.00 bits per heavy atom. The predicted molar refractivity (Wildman–Crippen MR) is 85.7 cm³/mol. The van der Waals surface area contributed by atoms with E-state index in [1.165, 1.54) is 18.4 Å². The topological polar surface area (TPSA) is 29.5 Å². The molecule has 0 N–H and O–H groups in total. The van der Waals surface area contributed by atoms with Gasteiger partial charge >= 0.3 is 0 Å². The third kappa shape index (κ3) is 3.46. The van der Waals surface area contributed by atoms with Crippen molar-refractivity contribution in [2.45, 2.75) is 51.0 Å². The van der Waals surface area contributed by atoms with Gasteiger partial charge < -0.3 is 4.74 Å². The van der Waals surface area contributed by atoms with Crippen molar-refractivity contribution in [1.82, 2.24) is 4.90 Å². The summed E-state index contributed by atoms with van der Waals surface area (Å²) in [5.41, 5.74) is 1.27. The van der Waals surface area contributed by atoms with E-state index in [9.17, 15) is 4.79 Å². The van der Waals surface area contributed by atoms with E-state index in [2.05, 4.69) is 37.1 Å². The molecule has 3 heteroatoms. The molecule has 0 spiro atoms. The van der Waals surface area contributed by atoms with Crippen molar-refractivity contribution < 1.29 is 9.53 Å². The van der Waals surface area contributed by atoms with Crippen LogP contribution in [0.5, 0.6) is 5.75 Å². The Bertz CT molecular complexity index is 474. The Kier molecular flexibility index (Phi) is 5.40. The van der Waals surface area contributed by atoms with Gasteiger partial charge in [-0.15, -0.1) is 0 Å². The fourth-order valence-electron chi connectivity index (χ4n) is 3.36. The molecule has 0 heterocycles. The van der Waals surface area contributed by atoms with Crippen LogP contribution in [0.2, 0.25) is 0 Å². The van der Waals surface area contributed by atoms with Gasteiger partial charge in [0.25, 0.3) is 0 Å². The minimum absolute atomic E-state index is 0.0162. The smallest absolute Gasteiger partial charge is 0.133 e. The molecule has 1 saturated carbocycles. The highest BCUT2D eigenvalue weighted by molar-refractivity contribution is 5.79. The van der Waals surface area contributed by atoms with Crippen LogP contribution in [-0.2, 0) is 10.3 Å². The Balaban J connectivity index is 2.32. The zero-order valence-electron chi connectivity index (χ0n) is 13.5. The van der Waals surface area contributed by atoms with Crippen molar-refractivity contribution in [1.29, 1.82) is 0 Å². The van der Waals surface area contributed by atoms with Crippen LogP contribution in [0, 0.1) is 0 Å². The molecule has 0 atom stereocenters. The van der Waals surface area contributed by atoms with Crippen molar-refractivity contribution in [2.75, 3.05) is 20.7 Å². The number of rotatable bonds is 6. The molecular weight excluding hydrogens is 262 g/mol. The molecule has 0 radical (unpaired) electrons. The number of unbranched alkanes of at least 4 members (excludes halogenated alkanes) is 1. The van der Waals surface area contributed by atoms with Gasteiger partial charge in [0.05, 0.1) is 7.11 Å². The number of benzene rings is 1. The first kappa shape index (κ1) is 16.0. The summed E-state index contributed by atoms with van der Waals surface area (Å²) in [6, 6.07) is 8.36. The summed E-state index contributed by atoms with van der Waals surface area (Å²) in [6.07, 6.45) is 5.59. The molecule has 0 saturated heterocycles. The average Bonchev–Trinajstić information content (AvgIpc) is 2.53. The lowest BCUT2D eigenvalue weighted by molar-refractivity contribution is -0.123. The maximum atomic E-state index is 11.7. The van der Waals surface area contributed by atoms with Gasteiger partial charge in [-0.25, -0.2) is 0 Å². The number of Topliss-reactive ketones (excluding diaryl/α,β-unsaturated/α-hetero) is 1. The first-order valence-corrected chi connectivity index (χ1v) is 8.00. The first-order valence-electron chi connectivity index (χ1n) is 8.00. The standard InChI is InChI=1S/C18H27NO2/c1-4-5-13-19(2)18(11-9-16(20)10-12-18)15-7-6-8-17(14-15)21-3/h6-8,14H,4-5,9-13H2,1-3H3. The Labute approximate surface area is 128 Å². The highest BCUT2D eigenvalue weighted by Gasteiger charge is 2.39. The minimum Gasteiger partial charge on any atom is -0.497 e. The normalized spacial score (nSPS) is 18.0. The number of hydrogen-bond acceptors (Lipinski definition) is 3. The van der Waals surface area contributed by atoms with Gasteiger partial charge in [0, 0.05) is 18.4 Å². The molecule has 116 valence electrons. The number of ether oxygens (including phenoxy) is 1. The Morgan fingerprint density at radius 1 is 1.29 bits per heavy atom. The van der Waals surface area contributed by atoms with E-state index >= 15 is 0 Å². The van der Waals surface area contributed by atoms with Gasteiger partial charge in [-0.2, -0.15) is 0 Å². The third-order valence-corrected chi connectivity index (χ3v) is 4.82. The van der Waals surface area contributed by atoms with Crippen LogP contribution in [0.15, 0.2) is 24.3 Å². The van der Waals surface area contributed by atoms with E-state index < -0.39 is 0 Å². The number of nitrogens with zero attached hydrogens (tertiary/aromatic N) is 1. The van der Waals surface area contributed by atoms with E-state index in [1.54, 1.807) is 7.11 Å². The second-order valence-electron chi connectivity index (χ2n) is 6.08. The molecule has 0 unspecified atom stereocenters. The average molecular weight is 289 g/mol. The highest BCUT2D eigenvalue weighted by atomic mass is 16.5. The first-order chi connectivity index (χ1) is 10.1. The Morgan fingerprint density at radius 3 is 2.62 bits per heavy atom. The maximum Gasteiger partial charge on any atom is 0.133 e. The molecule has 0 aliphatic heterocycles. The third-order valence-electron chi connectivity index (χ3n) is 4.82. The summed E-state index contributed by atoms with van der Waals surface area (Å²) < 4.78 is 5.39. The molecule has 21 heavy (non-hydrogen) atoms. The lowest BCUT2D eigenvalue weighted by Crippen LogP contribution is -2.47. The lowest BCUT2D eigenvalue weighted by atomic mass is 9.75. The second-order valence-corrected chi connectivity index (χ2v) is 6.08. The molecule has 0 aromatic heterocycles. The fourth-order valence-corrected chi connectivity index (χ4v) is 3.36. The monoisotopic (exact) mass is 289 g/mol. The Hall–Kier alpha value is -1.35. The summed E-state index contributed by atoms with van der Waals surface area (Å²) in [5, 5.41) is 0. The van der Waals surface area contributed by atoms with Crippen LogP contribution in [-0.4, -0.2) is 31.4 Å². The molecule has 1 aliphatic carbocycles. The van der Waals surface area contributed by atoms with Crippen LogP contribution in [0.25, 0.3) is 0 Å². The van der Waals surface area contributed by atoms with E-state index in [1.807, 2.05) is 6.07 Å². The van der Waals surface area contributed by atoms with Gasteiger partial charge in [-0.05, 0) is 50.6 Å². The van der Waals surface area contributed by atoms with Crippen LogP contribution >= 0.6 is 0 Å².